The molecule has 3 aromatic rings. The lowest BCUT2D eigenvalue weighted by atomic mass is 9.99. The predicted molar refractivity (Wildman–Crippen MR) is 145 cm³/mol. The zero-order valence-corrected chi connectivity index (χ0v) is 21.8. The zero-order chi connectivity index (χ0) is 26.1. The number of aliphatic carboxylic acids is 1. The molecule has 6 nitrogen and oxygen atoms in total. The number of carbonyl (C=O) groups is 2. The van der Waals surface area contributed by atoms with Gasteiger partial charge in [0.2, 0.25) is 0 Å². The molecule has 36 heavy (non-hydrogen) atoms. The summed E-state index contributed by atoms with van der Waals surface area (Å²) < 4.78 is 0. The molecule has 0 aliphatic carbocycles. The number of carboxylic acid groups (broad SMARTS) is 1. The second-order valence-electron chi connectivity index (χ2n) is 9.34. The van der Waals surface area contributed by atoms with E-state index in [4.69, 9.17) is 11.6 Å². The summed E-state index contributed by atoms with van der Waals surface area (Å²) in [7, 11) is 6.33. The lowest BCUT2D eigenvalue weighted by molar-refractivity contribution is -0.139. The van der Waals surface area contributed by atoms with Crippen molar-refractivity contribution in [3.63, 3.8) is 0 Å². The van der Waals surface area contributed by atoms with Crippen molar-refractivity contribution in [2.24, 2.45) is 0 Å². The average Bonchev–Trinajstić information content (AvgIpc) is 2.84. The second-order valence-corrected chi connectivity index (χ2v) is 9.74. The van der Waals surface area contributed by atoms with Crippen molar-refractivity contribution in [1.82, 2.24) is 15.1 Å². The molecule has 0 saturated carbocycles. The Balaban J connectivity index is 1.59. The summed E-state index contributed by atoms with van der Waals surface area (Å²) in [6.45, 7) is 3.04. The van der Waals surface area contributed by atoms with E-state index in [2.05, 4.69) is 60.5 Å². The molecular weight excluding hydrogens is 474 g/mol. The number of benzene rings is 3. The Kier molecular flexibility index (Phi) is 10.1. The minimum atomic E-state index is -1.10. The van der Waals surface area contributed by atoms with Crippen LogP contribution >= 0.6 is 11.6 Å². The molecule has 1 amide bonds. The minimum Gasteiger partial charge on any atom is -0.480 e. The van der Waals surface area contributed by atoms with Crippen molar-refractivity contribution in [2.75, 3.05) is 34.2 Å². The van der Waals surface area contributed by atoms with Crippen molar-refractivity contribution < 1.29 is 14.7 Å². The van der Waals surface area contributed by atoms with Gasteiger partial charge in [-0.3, -0.25) is 4.79 Å². The Morgan fingerprint density at radius 3 is 2.00 bits per heavy atom. The van der Waals surface area contributed by atoms with E-state index in [1.807, 2.05) is 24.3 Å². The Hall–Kier alpha value is -3.19. The van der Waals surface area contributed by atoms with Gasteiger partial charge in [-0.25, -0.2) is 4.79 Å². The monoisotopic (exact) mass is 507 g/mol. The number of nitrogens with zero attached hydrogens (tertiary/aromatic N) is 2. The summed E-state index contributed by atoms with van der Waals surface area (Å²) >= 11 is 6.07. The molecule has 0 aliphatic rings. The number of hydrogen-bond acceptors (Lipinski definition) is 4. The number of nitrogens with one attached hydrogen (secondary N) is 1. The number of carboxylic acids is 1. The van der Waals surface area contributed by atoms with Gasteiger partial charge in [0.1, 0.15) is 6.04 Å². The maximum Gasteiger partial charge on any atom is 0.326 e. The van der Waals surface area contributed by atoms with E-state index in [1.54, 1.807) is 24.3 Å². The van der Waals surface area contributed by atoms with Crippen LogP contribution in [0.3, 0.4) is 0 Å². The van der Waals surface area contributed by atoms with E-state index < -0.39 is 17.9 Å². The van der Waals surface area contributed by atoms with E-state index in [0.29, 0.717) is 0 Å². The molecule has 0 heterocycles. The van der Waals surface area contributed by atoms with Crippen LogP contribution in [0.25, 0.3) is 11.1 Å². The Labute approximate surface area is 218 Å². The first kappa shape index (κ1) is 27.4. The number of carbonyl (C=O) groups excluding carboxylic acids is 1. The SMILES string of the molecule is CN(C)CCCN(C)Cc1ccc(-c2ccc(CC(NC(=O)c3ccccc3Cl)C(=O)O)cc2)cc1. The highest BCUT2D eigenvalue weighted by Gasteiger charge is 2.22. The first-order valence-corrected chi connectivity index (χ1v) is 12.4. The molecule has 0 bridgehead atoms. The average molecular weight is 508 g/mol. The van der Waals surface area contributed by atoms with Crippen LogP contribution in [0.1, 0.15) is 27.9 Å². The van der Waals surface area contributed by atoms with Crippen LogP contribution in [0.15, 0.2) is 72.8 Å². The zero-order valence-electron chi connectivity index (χ0n) is 21.1. The normalized spacial score (nSPS) is 12.1. The number of halogens is 1. The van der Waals surface area contributed by atoms with Crippen LogP contribution in [0.4, 0.5) is 0 Å². The molecule has 1 atom stereocenters. The molecule has 0 aliphatic heterocycles. The summed E-state index contributed by atoms with van der Waals surface area (Å²) in [4.78, 5) is 28.8. The lowest BCUT2D eigenvalue weighted by Crippen LogP contribution is -2.42. The molecule has 0 aromatic heterocycles. The van der Waals surface area contributed by atoms with Gasteiger partial charge in [-0.15, -0.1) is 0 Å². The molecule has 2 N–H and O–H groups in total. The minimum absolute atomic E-state index is 0.172. The molecule has 190 valence electrons. The van der Waals surface area contributed by atoms with E-state index in [0.717, 1.165) is 42.7 Å². The summed E-state index contributed by atoms with van der Waals surface area (Å²) in [5.74, 6) is -1.60. The van der Waals surface area contributed by atoms with Gasteiger partial charge in [-0.1, -0.05) is 72.3 Å². The summed E-state index contributed by atoms with van der Waals surface area (Å²) in [5, 5.41) is 12.5. The topological polar surface area (TPSA) is 72.9 Å². The van der Waals surface area contributed by atoms with Gasteiger partial charge in [0.15, 0.2) is 0 Å². The maximum absolute atomic E-state index is 12.5. The molecular formula is C29H34ClN3O3. The van der Waals surface area contributed by atoms with Gasteiger partial charge in [-0.2, -0.15) is 0 Å². The summed E-state index contributed by atoms with van der Waals surface area (Å²) in [6.07, 6.45) is 1.31. The van der Waals surface area contributed by atoms with Crippen molar-refractivity contribution in [2.45, 2.75) is 25.4 Å². The quantitative estimate of drug-likeness (QED) is 0.368. The first-order valence-electron chi connectivity index (χ1n) is 12.0. The first-order chi connectivity index (χ1) is 17.2. The number of amides is 1. The third kappa shape index (κ3) is 8.19. The molecule has 3 aromatic carbocycles. The van der Waals surface area contributed by atoms with E-state index in [-0.39, 0.29) is 17.0 Å². The third-order valence-corrected chi connectivity index (χ3v) is 6.33. The highest BCUT2D eigenvalue weighted by molar-refractivity contribution is 6.33. The van der Waals surface area contributed by atoms with Crippen molar-refractivity contribution in [3.8, 4) is 11.1 Å². The predicted octanol–water partition coefficient (Wildman–Crippen LogP) is 4.82. The smallest absolute Gasteiger partial charge is 0.326 e. The molecule has 0 fully saturated rings. The summed E-state index contributed by atoms with van der Waals surface area (Å²) in [6, 6.07) is 21.8. The van der Waals surface area contributed by atoms with E-state index in [9.17, 15) is 14.7 Å². The van der Waals surface area contributed by atoms with E-state index in [1.165, 1.54) is 5.56 Å². The van der Waals surface area contributed by atoms with Crippen LogP contribution in [-0.4, -0.2) is 67.1 Å². The van der Waals surface area contributed by atoms with Gasteiger partial charge in [0.05, 0.1) is 10.6 Å². The van der Waals surface area contributed by atoms with E-state index >= 15 is 0 Å². The van der Waals surface area contributed by atoms with Gasteiger partial charge in [0, 0.05) is 13.0 Å². The number of rotatable bonds is 12. The molecule has 0 spiro atoms. The lowest BCUT2D eigenvalue weighted by Gasteiger charge is -2.18. The van der Waals surface area contributed by atoms with Gasteiger partial charge in [-0.05, 0) is 75.0 Å². The Bertz CT molecular complexity index is 1150. The highest BCUT2D eigenvalue weighted by Crippen LogP contribution is 2.22. The van der Waals surface area contributed by atoms with Crippen molar-refractivity contribution in [1.29, 1.82) is 0 Å². The number of hydrogen-bond donors (Lipinski definition) is 2. The van der Waals surface area contributed by atoms with Gasteiger partial charge in [0.25, 0.3) is 5.91 Å². The van der Waals surface area contributed by atoms with Crippen LogP contribution in [0, 0.1) is 0 Å². The van der Waals surface area contributed by atoms with Crippen LogP contribution in [0.5, 0.6) is 0 Å². The van der Waals surface area contributed by atoms with Gasteiger partial charge >= 0.3 is 5.97 Å². The Morgan fingerprint density at radius 1 is 0.861 bits per heavy atom. The molecule has 0 saturated heterocycles. The molecule has 7 heteroatoms. The second kappa shape index (κ2) is 13.2. The van der Waals surface area contributed by atoms with Crippen LogP contribution < -0.4 is 5.32 Å². The summed E-state index contributed by atoms with van der Waals surface area (Å²) in [5.41, 5.74) is 4.49. The fourth-order valence-electron chi connectivity index (χ4n) is 4.00. The highest BCUT2D eigenvalue weighted by atomic mass is 35.5. The Morgan fingerprint density at radius 2 is 1.44 bits per heavy atom. The maximum atomic E-state index is 12.5. The van der Waals surface area contributed by atoms with Crippen molar-refractivity contribution in [3.05, 3.63) is 94.5 Å². The largest absolute Gasteiger partial charge is 0.480 e. The molecule has 3 rings (SSSR count). The standard InChI is InChI=1S/C29H34ClN3O3/c1-32(2)17-6-18-33(3)20-22-11-15-24(16-12-22)23-13-9-21(10-14-23)19-27(29(35)36)31-28(34)25-7-4-5-8-26(25)30/h4-5,7-16,27H,6,17-20H2,1-3H3,(H,31,34)(H,35,36). The molecule has 1 unspecified atom stereocenters. The van der Waals surface area contributed by atoms with Crippen LogP contribution in [-0.2, 0) is 17.8 Å². The fraction of sp³-hybridized carbons (Fsp3) is 0.310. The van der Waals surface area contributed by atoms with Crippen LogP contribution in [0.2, 0.25) is 5.02 Å². The van der Waals surface area contributed by atoms with Gasteiger partial charge < -0.3 is 20.2 Å². The molecule has 0 radical (unpaired) electrons. The fourth-order valence-corrected chi connectivity index (χ4v) is 4.22. The van der Waals surface area contributed by atoms with Crippen molar-refractivity contribution >= 4 is 23.5 Å². The third-order valence-electron chi connectivity index (χ3n) is 6.00.